The molecule has 0 radical (unpaired) electrons. The van der Waals surface area contributed by atoms with E-state index in [1.54, 1.807) is 0 Å². The highest BCUT2D eigenvalue weighted by atomic mass is 16.6. The molecule has 1 aliphatic heterocycles. The van der Waals surface area contributed by atoms with Crippen molar-refractivity contribution in [3.63, 3.8) is 0 Å². The third kappa shape index (κ3) is 3.50. The molecule has 0 N–H and O–H groups in total. The molecule has 1 heterocycles. The van der Waals surface area contributed by atoms with Crippen molar-refractivity contribution in [2.24, 2.45) is 0 Å². The van der Waals surface area contributed by atoms with Crippen LogP contribution in [0.1, 0.15) is 17.5 Å². The summed E-state index contributed by atoms with van der Waals surface area (Å²) in [6.45, 7) is 6.10. The van der Waals surface area contributed by atoms with Gasteiger partial charge in [0.15, 0.2) is 0 Å². The lowest BCUT2D eigenvalue weighted by Crippen LogP contribution is -1.98. The van der Waals surface area contributed by atoms with Crippen LogP contribution in [0.25, 0.3) is 6.08 Å². The molecule has 0 spiro atoms. The van der Waals surface area contributed by atoms with Crippen molar-refractivity contribution in [2.45, 2.75) is 19.1 Å². The molecule has 0 bridgehead atoms. The Labute approximate surface area is 90.5 Å². The second-order valence-electron chi connectivity index (χ2n) is 3.74. The lowest BCUT2D eigenvalue weighted by atomic mass is 10.1. The zero-order valence-corrected chi connectivity index (χ0v) is 8.82. The molecule has 1 atom stereocenters. The molecule has 0 aromatic heterocycles. The summed E-state index contributed by atoms with van der Waals surface area (Å²) < 4.78 is 10.6. The molecule has 1 aromatic rings. The molecule has 1 aromatic carbocycles. The summed E-state index contributed by atoms with van der Waals surface area (Å²) in [5.41, 5.74) is 2.35. The van der Waals surface area contributed by atoms with Crippen molar-refractivity contribution in [3.05, 3.63) is 42.0 Å². The van der Waals surface area contributed by atoms with E-state index >= 15 is 0 Å². The van der Waals surface area contributed by atoms with Gasteiger partial charge in [-0.2, -0.15) is 0 Å². The smallest absolute Gasteiger partial charge is 0.0831 e. The van der Waals surface area contributed by atoms with Crippen molar-refractivity contribution in [2.75, 3.05) is 13.2 Å². The molecular weight excluding hydrogens is 188 g/mol. The fraction of sp³-hybridized carbons (Fsp3) is 0.385. The van der Waals surface area contributed by atoms with Gasteiger partial charge in [0.25, 0.3) is 0 Å². The molecule has 2 rings (SSSR count). The SMILES string of the molecule is C=Cc1ccc(COCCC2CO2)cc1. The summed E-state index contributed by atoms with van der Waals surface area (Å²) in [5, 5.41) is 0. The van der Waals surface area contributed by atoms with Crippen LogP contribution >= 0.6 is 0 Å². The highest BCUT2D eigenvalue weighted by Gasteiger charge is 2.21. The average Bonchev–Trinajstić information content (AvgIpc) is 3.09. The third-order valence-electron chi connectivity index (χ3n) is 2.47. The lowest BCUT2D eigenvalue weighted by molar-refractivity contribution is 0.113. The first-order valence-corrected chi connectivity index (χ1v) is 5.29. The Morgan fingerprint density at radius 1 is 1.40 bits per heavy atom. The van der Waals surface area contributed by atoms with Gasteiger partial charge >= 0.3 is 0 Å². The van der Waals surface area contributed by atoms with E-state index in [0.29, 0.717) is 12.7 Å². The van der Waals surface area contributed by atoms with Gasteiger partial charge in [-0.1, -0.05) is 36.9 Å². The van der Waals surface area contributed by atoms with Crippen LogP contribution in [0.5, 0.6) is 0 Å². The fourth-order valence-corrected chi connectivity index (χ4v) is 1.39. The second-order valence-corrected chi connectivity index (χ2v) is 3.74. The van der Waals surface area contributed by atoms with Crippen LogP contribution in [-0.2, 0) is 16.1 Å². The minimum absolute atomic E-state index is 0.466. The van der Waals surface area contributed by atoms with Crippen molar-refractivity contribution in [3.8, 4) is 0 Å². The Bertz CT molecular complexity index is 312. The molecule has 1 fully saturated rings. The normalized spacial score (nSPS) is 18.8. The van der Waals surface area contributed by atoms with Crippen LogP contribution in [0.4, 0.5) is 0 Å². The quantitative estimate of drug-likeness (QED) is 0.525. The third-order valence-corrected chi connectivity index (χ3v) is 2.47. The van der Waals surface area contributed by atoms with Crippen molar-refractivity contribution >= 4 is 6.08 Å². The molecule has 15 heavy (non-hydrogen) atoms. The van der Waals surface area contributed by atoms with Gasteiger partial charge < -0.3 is 9.47 Å². The first kappa shape index (κ1) is 10.4. The van der Waals surface area contributed by atoms with Crippen LogP contribution in [0.3, 0.4) is 0 Å². The second kappa shape index (κ2) is 5.10. The van der Waals surface area contributed by atoms with E-state index in [2.05, 4.69) is 30.8 Å². The van der Waals surface area contributed by atoms with Crippen molar-refractivity contribution < 1.29 is 9.47 Å². The largest absolute Gasteiger partial charge is 0.377 e. The summed E-state index contributed by atoms with van der Waals surface area (Å²) in [4.78, 5) is 0. The Kier molecular flexibility index (Phi) is 3.54. The summed E-state index contributed by atoms with van der Waals surface area (Å²) >= 11 is 0. The van der Waals surface area contributed by atoms with E-state index in [-0.39, 0.29) is 0 Å². The first-order chi connectivity index (χ1) is 7.38. The summed E-state index contributed by atoms with van der Waals surface area (Å²) in [6, 6.07) is 8.25. The highest BCUT2D eigenvalue weighted by molar-refractivity contribution is 5.47. The van der Waals surface area contributed by atoms with E-state index in [9.17, 15) is 0 Å². The van der Waals surface area contributed by atoms with E-state index < -0.39 is 0 Å². The average molecular weight is 204 g/mol. The number of benzene rings is 1. The van der Waals surface area contributed by atoms with Gasteiger partial charge in [0.1, 0.15) is 0 Å². The molecule has 1 unspecified atom stereocenters. The molecule has 0 amide bonds. The lowest BCUT2D eigenvalue weighted by Gasteiger charge is -2.03. The van der Waals surface area contributed by atoms with Gasteiger partial charge in [-0.3, -0.25) is 0 Å². The molecule has 2 heteroatoms. The molecule has 80 valence electrons. The first-order valence-electron chi connectivity index (χ1n) is 5.29. The Morgan fingerprint density at radius 2 is 2.13 bits per heavy atom. The minimum atomic E-state index is 0.466. The van der Waals surface area contributed by atoms with Crippen molar-refractivity contribution in [1.29, 1.82) is 0 Å². The van der Waals surface area contributed by atoms with Crippen LogP contribution < -0.4 is 0 Å². The molecule has 0 saturated carbocycles. The van der Waals surface area contributed by atoms with Crippen LogP contribution in [0.15, 0.2) is 30.8 Å². The van der Waals surface area contributed by atoms with Gasteiger partial charge in [-0.15, -0.1) is 0 Å². The van der Waals surface area contributed by atoms with Crippen LogP contribution in [0.2, 0.25) is 0 Å². The van der Waals surface area contributed by atoms with Gasteiger partial charge in [-0.05, 0) is 17.5 Å². The molecule has 1 saturated heterocycles. The molecular formula is C13H16O2. The Hall–Kier alpha value is -1.12. The molecule has 0 aliphatic carbocycles. The zero-order valence-electron chi connectivity index (χ0n) is 8.82. The standard InChI is InChI=1S/C13H16O2/c1-2-11-3-5-12(6-4-11)9-14-8-7-13-10-15-13/h2-6,13H,1,7-10H2. The van der Waals surface area contributed by atoms with E-state index in [0.717, 1.165) is 25.2 Å². The maximum absolute atomic E-state index is 5.54. The Morgan fingerprint density at radius 3 is 2.73 bits per heavy atom. The van der Waals surface area contributed by atoms with E-state index in [1.165, 1.54) is 5.56 Å². The molecule has 1 aliphatic rings. The van der Waals surface area contributed by atoms with Gasteiger partial charge in [-0.25, -0.2) is 0 Å². The van der Waals surface area contributed by atoms with E-state index in [4.69, 9.17) is 9.47 Å². The van der Waals surface area contributed by atoms with Gasteiger partial charge in [0.05, 0.1) is 19.3 Å². The zero-order chi connectivity index (χ0) is 10.5. The predicted molar refractivity (Wildman–Crippen MR) is 60.5 cm³/mol. The Balaban J connectivity index is 1.69. The highest BCUT2D eigenvalue weighted by Crippen LogP contribution is 2.13. The minimum Gasteiger partial charge on any atom is -0.377 e. The van der Waals surface area contributed by atoms with E-state index in [1.807, 2.05) is 6.08 Å². The maximum atomic E-state index is 5.54. The number of epoxide rings is 1. The summed E-state index contributed by atoms with van der Waals surface area (Å²) in [6.07, 6.45) is 3.33. The number of hydrogen-bond acceptors (Lipinski definition) is 2. The number of hydrogen-bond donors (Lipinski definition) is 0. The van der Waals surface area contributed by atoms with Crippen LogP contribution in [-0.4, -0.2) is 19.3 Å². The topological polar surface area (TPSA) is 21.8 Å². The van der Waals surface area contributed by atoms with Crippen LogP contribution in [0, 0.1) is 0 Å². The van der Waals surface area contributed by atoms with Gasteiger partial charge in [0, 0.05) is 6.61 Å². The predicted octanol–water partition coefficient (Wildman–Crippen LogP) is 2.64. The monoisotopic (exact) mass is 204 g/mol. The number of ether oxygens (including phenoxy) is 2. The summed E-state index contributed by atoms with van der Waals surface area (Å²) in [5.74, 6) is 0. The van der Waals surface area contributed by atoms with Gasteiger partial charge in [0.2, 0.25) is 0 Å². The van der Waals surface area contributed by atoms with Crippen molar-refractivity contribution in [1.82, 2.24) is 0 Å². The molecule has 2 nitrogen and oxygen atoms in total. The summed E-state index contributed by atoms with van der Waals surface area (Å²) in [7, 11) is 0. The maximum Gasteiger partial charge on any atom is 0.0831 e. The fourth-order valence-electron chi connectivity index (χ4n) is 1.39. The number of rotatable bonds is 6.